The number of hydrogen-bond donors (Lipinski definition) is 1. The summed E-state index contributed by atoms with van der Waals surface area (Å²) < 4.78 is 18.6. The number of rotatable bonds is 4. The van der Waals surface area contributed by atoms with Crippen molar-refractivity contribution in [2.24, 2.45) is 0 Å². The maximum Gasteiger partial charge on any atom is 0.232 e. The molecule has 6 heteroatoms. The van der Waals surface area contributed by atoms with Crippen LogP contribution in [0.1, 0.15) is 11.3 Å². The van der Waals surface area contributed by atoms with Crippen molar-refractivity contribution < 1.29 is 8.81 Å². The standard InChI is InChI=1S/C17H11ClFN3O/c18-14-4-2-1-3-12(14)10-21-17-15(9-20)22-16(23-17)11-5-7-13(19)8-6-11/h1-8,21H,10H2. The van der Waals surface area contributed by atoms with Crippen molar-refractivity contribution >= 4 is 17.5 Å². The summed E-state index contributed by atoms with van der Waals surface area (Å²) in [5.41, 5.74) is 1.60. The van der Waals surface area contributed by atoms with Gasteiger partial charge in [0.2, 0.25) is 17.5 Å². The van der Waals surface area contributed by atoms with Crippen LogP contribution in [0.25, 0.3) is 11.5 Å². The first-order valence-corrected chi connectivity index (χ1v) is 7.19. The van der Waals surface area contributed by atoms with Crippen molar-refractivity contribution in [3.63, 3.8) is 0 Å². The lowest BCUT2D eigenvalue weighted by atomic mass is 10.2. The van der Waals surface area contributed by atoms with Gasteiger partial charge in [-0.25, -0.2) is 4.39 Å². The van der Waals surface area contributed by atoms with E-state index in [0.29, 0.717) is 17.1 Å². The number of hydrogen-bond acceptors (Lipinski definition) is 4. The minimum atomic E-state index is -0.349. The third-order valence-corrected chi connectivity index (χ3v) is 3.59. The summed E-state index contributed by atoms with van der Waals surface area (Å²) >= 11 is 6.09. The summed E-state index contributed by atoms with van der Waals surface area (Å²) in [4.78, 5) is 4.12. The molecule has 1 heterocycles. The third-order valence-electron chi connectivity index (χ3n) is 3.22. The topological polar surface area (TPSA) is 61.9 Å². The first kappa shape index (κ1) is 15.1. The number of aromatic nitrogens is 1. The van der Waals surface area contributed by atoms with Gasteiger partial charge in [-0.15, -0.1) is 0 Å². The highest BCUT2D eigenvalue weighted by Crippen LogP contribution is 2.26. The molecule has 0 aliphatic heterocycles. The smallest absolute Gasteiger partial charge is 0.232 e. The molecule has 3 aromatic rings. The van der Waals surface area contributed by atoms with Gasteiger partial charge in [0.1, 0.15) is 11.9 Å². The molecule has 0 amide bonds. The predicted octanol–water partition coefficient (Wildman–Crippen LogP) is 4.62. The second kappa shape index (κ2) is 6.51. The molecule has 4 nitrogen and oxygen atoms in total. The van der Waals surface area contributed by atoms with Gasteiger partial charge in [-0.1, -0.05) is 29.8 Å². The molecule has 0 unspecified atom stereocenters. The van der Waals surface area contributed by atoms with Crippen LogP contribution in [0.5, 0.6) is 0 Å². The monoisotopic (exact) mass is 327 g/mol. The zero-order chi connectivity index (χ0) is 16.2. The summed E-state index contributed by atoms with van der Waals surface area (Å²) in [7, 11) is 0. The number of oxazole rings is 1. The van der Waals surface area contributed by atoms with Crippen LogP contribution in [0, 0.1) is 17.1 Å². The second-order valence-electron chi connectivity index (χ2n) is 4.76. The highest BCUT2D eigenvalue weighted by Gasteiger charge is 2.14. The van der Waals surface area contributed by atoms with Gasteiger partial charge < -0.3 is 9.73 Å². The van der Waals surface area contributed by atoms with Crippen LogP contribution < -0.4 is 5.32 Å². The van der Waals surface area contributed by atoms with Gasteiger partial charge in [0.05, 0.1) is 0 Å². The molecule has 114 valence electrons. The number of nitrogens with one attached hydrogen (secondary N) is 1. The fraction of sp³-hybridized carbons (Fsp3) is 0.0588. The molecule has 3 rings (SSSR count). The van der Waals surface area contributed by atoms with Crippen molar-refractivity contribution in [3.8, 4) is 17.5 Å². The van der Waals surface area contributed by atoms with Crippen LogP contribution in [0.2, 0.25) is 5.02 Å². The molecule has 0 atom stereocenters. The van der Waals surface area contributed by atoms with Crippen molar-refractivity contribution in [2.75, 3.05) is 5.32 Å². The van der Waals surface area contributed by atoms with Crippen LogP contribution in [0.15, 0.2) is 52.9 Å². The Hall–Kier alpha value is -2.84. The van der Waals surface area contributed by atoms with E-state index >= 15 is 0 Å². The lowest BCUT2D eigenvalue weighted by Gasteiger charge is -2.05. The van der Waals surface area contributed by atoms with E-state index in [1.165, 1.54) is 12.1 Å². The number of halogens is 2. The Bertz CT molecular complexity index is 868. The molecule has 2 aromatic carbocycles. The molecule has 0 aliphatic rings. The van der Waals surface area contributed by atoms with E-state index < -0.39 is 0 Å². The molecular formula is C17H11ClFN3O. The van der Waals surface area contributed by atoms with E-state index in [1.807, 2.05) is 24.3 Å². The van der Waals surface area contributed by atoms with Crippen LogP contribution in [-0.4, -0.2) is 4.98 Å². The van der Waals surface area contributed by atoms with E-state index in [9.17, 15) is 9.65 Å². The summed E-state index contributed by atoms with van der Waals surface area (Å²) in [6, 6.07) is 15.0. The zero-order valence-electron chi connectivity index (χ0n) is 11.9. The molecule has 0 saturated carbocycles. The third kappa shape index (κ3) is 3.33. The predicted molar refractivity (Wildman–Crippen MR) is 85.4 cm³/mol. The maximum atomic E-state index is 13.0. The first-order valence-electron chi connectivity index (χ1n) is 6.81. The van der Waals surface area contributed by atoms with E-state index in [0.717, 1.165) is 5.56 Å². The van der Waals surface area contributed by atoms with Gasteiger partial charge in [-0.2, -0.15) is 10.2 Å². The Labute approximate surface area is 137 Å². The normalized spacial score (nSPS) is 10.3. The van der Waals surface area contributed by atoms with E-state index in [1.54, 1.807) is 18.2 Å². The molecule has 0 radical (unpaired) electrons. The number of benzene rings is 2. The zero-order valence-corrected chi connectivity index (χ0v) is 12.6. The fourth-order valence-corrected chi connectivity index (χ4v) is 2.25. The highest BCUT2D eigenvalue weighted by atomic mass is 35.5. The van der Waals surface area contributed by atoms with Crippen LogP contribution in [-0.2, 0) is 6.54 Å². The lowest BCUT2D eigenvalue weighted by molar-refractivity contribution is 0.584. The molecule has 0 fully saturated rings. The molecule has 1 aromatic heterocycles. The average Bonchev–Trinajstić information content (AvgIpc) is 2.98. The van der Waals surface area contributed by atoms with Gasteiger partial charge in [-0.05, 0) is 35.9 Å². The molecule has 23 heavy (non-hydrogen) atoms. The van der Waals surface area contributed by atoms with Crippen LogP contribution >= 0.6 is 11.6 Å². The quantitative estimate of drug-likeness (QED) is 0.759. The molecule has 0 spiro atoms. The first-order chi connectivity index (χ1) is 11.2. The minimum absolute atomic E-state index is 0.136. The van der Waals surface area contributed by atoms with E-state index in [4.69, 9.17) is 16.0 Å². The van der Waals surface area contributed by atoms with Crippen molar-refractivity contribution in [3.05, 3.63) is 70.6 Å². The molecule has 1 N–H and O–H groups in total. The van der Waals surface area contributed by atoms with Gasteiger partial charge in [-0.3, -0.25) is 0 Å². The fourth-order valence-electron chi connectivity index (χ4n) is 2.05. The van der Waals surface area contributed by atoms with Gasteiger partial charge >= 0.3 is 0 Å². The minimum Gasteiger partial charge on any atom is -0.419 e. The number of nitriles is 1. The maximum absolute atomic E-state index is 13.0. The number of anilines is 1. The van der Waals surface area contributed by atoms with Crippen LogP contribution in [0.4, 0.5) is 10.3 Å². The van der Waals surface area contributed by atoms with Gasteiger partial charge in [0.15, 0.2) is 0 Å². The Morgan fingerprint density at radius 3 is 2.61 bits per heavy atom. The molecular weight excluding hydrogens is 317 g/mol. The average molecular weight is 328 g/mol. The molecule has 0 saturated heterocycles. The highest BCUT2D eigenvalue weighted by molar-refractivity contribution is 6.31. The summed E-state index contributed by atoms with van der Waals surface area (Å²) in [5, 5.41) is 12.8. The summed E-state index contributed by atoms with van der Waals surface area (Å²) in [5.74, 6) is 0.160. The summed E-state index contributed by atoms with van der Waals surface area (Å²) in [6.45, 7) is 0.395. The Kier molecular flexibility index (Phi) is 4.26. The SMILES string of the molecule is N#Cc1nc(-c2ccc(F)cc2)oc1NCc1ccccc1Cl. The van der Waals surface area contributed by atoms with Crippen molar-refractivity contribution in [1.82, 2.24) is 4.98 Å². The number of nitrogens with zero attached hydrogens (tertiary/aromatic N) is 2. The van der Waals surface area contributed by atoms with Gasteiger partial charge in [0, 0.05) is 17.1 Å². The van der Waals surface area contributed by atoms with Crippen molar-refractivity contribution in [1.29, 1.82) is 5.26 Å². The second-order valence-corrected chi connectivity index (χ2v) is 5.17. The largest absolute Gasteiger partial charge is 0.419 e. The molecule has 0 bridgehead atoms. The van der Waals surface area contributed by atoms with E-state index in [-0.39, 0.29) is 23.3 Å². The van der Waals surface area contributed by atoms with Gasteiger partial charge in [0.25, 0.3) is 0 Å². The van der Waals surface area contributed by atoms with Crippen LogP contribution in [0.3, 0.4) is 0 Å². The van der Waals surface area contributed by atoms with Crippen molar-refractivity contribution in [2.45, 2.75) is 6.54 Å². The van der Waals surface area contributed by atoms with E-state index in [2.05, 4.69) is 10.3 Å². The summed E-state index contributed by atoms with van der Waals surface area (Å²) in [6.07, 6.45) is 0. The lowest BCUT2D eigenvalue weighted by Crippen LogP contribution is -2.00. The Morgan fingerprint density at radius 2 is 1.91 bits per heavy atom. The Morgan fingerprint density at radius 1 is 1.17 bits per heavy atom. The molecule has 0 aliphatic carbocycles. The Balaban J connectivity index is 1.84.